The van der Waals surface area contributed by atoms with Gasteiger partial charge < -0.3 is 30.2 Å². The highest BCUT2D eigenvalue weighted by atomic mass is 35.5. The minimum atomic E-state index is -0.586. The lowest BCUT2D eigenvalue weighted by atomic mass is 10.1. The first-order valence-corrected chi connectivity index (χ1v) is 13.0. The van der Waals surface area contributed by atoms with Crippen molar-refractivity contribution in [2.75, 3.05) is 26.3 Å². The number of nitrogens with zero attached hydrogens (tertiary/aromatic N) is 1. The minimum absolute atomic E-state index is 0.0382. The molecule has 1 aliphatic heterocycles. The van der Waals surface area contributed by atoms with Crippen molar-refractivity contribution >= 4 is 51.5 Å². The van der Waals surface area contributed by atoms with Crippen LogP contribution in [0.2, 0.25) is 10.0 Å². The summed E-state index contributed by atoms with van der Waals surface area (Å²) in [5, 5.41) is 4.32. The number of nitrogens with one attached hydrogen (secondary N) is 2. The van der Waals surface area contributed by atoms with Crippen molar-refractivity contribution in [2.24, 2.45) is 5.73 Å². The number of fused-ring (bicyclic) bond motifs is 1. The van der Waals surface area contributed by atoms with E-state index in [1.54, 1.807) is 24.3 Å². The maximum atomic E-state index is 12.2. The third-order valence-electron chi connectivity index (χ3n) is 5.76. The highest BCUT2D eigenvalue weighted by Crippen LogP contribution is 2.40. The number of aromatic amines is 1. The summed E-state index contributed by atoms with van der Waals surface area (Å²) in [7, 11) is 0. The average Bonchev–Trinajstić information content (AvgIpc) is 3.48. The smallest absolute Gasteiger partial charge is 0.262 e. The topological polar surface area (TPSA) is 111 Å². The molecule has 3 heterocycles. The molecule has 8 nitrogen and oxygen atoms in total. The molecule has 0 radical (unpaired) electrons. The van der Waals surface area contributed by atoms with Crippen LogP contribution >= 0.6 is 34.5 Å². The number of hydrogen-bond donors (Lipinski definition) is 3. The summed E-state index contributed by atoms with van der Waals surface area (Å²) in [5.74, 6) is 0.908. The molecule has 0 aliphatic carbocycles. The van der Waals surface area contributed by atoms with Gasteiger partial charge in [-0.3, -0.25) is 4.79 Å². The number of carbonyl (C=O) groups is 1. The van der Waals surface area contributed by atoms with E-state index >= 15 is 0 Å². The molecular weight excluding hydrogens is 523 g/mol. The molecule has 2 aromatic carbocycles. The molecule has 11 heteroatoms. The van der Waals surface area contributed by atoms with Gasteiger partial charge in [0.05, 0.1) is 27.5 Å². The zero-order chi connectivity index (χ0) is 25.2. The molecule has 2 atom stereocenters. The molecule has 0 saturated carbocycles. The molecule has 188 valence electrons. The molecule has 1 amide bonds. The van der Waals surface area contributed by atoms with Gasteiger partial charge in [0.25, 0.3) is 5.91 Å². The van der Waals surface area contributed by atoms with Crippen molar-refractivity contribution in [1.82, 2.24) is 15.3 Å². The summed E-state index contributed by atoms with van der Waals surface area (Å²) in [6, 6.07) is 12.7. The summed E-state index contributed by atoms with van der Waals surface area (Å²) in [6.07, 6.45) is -0.521. The lowest BCUT2D eigenvalue weighted by Crippen LogP contribution is -2.41. The minimum Gasteiger partial charge on any atom is -0.489 e. The number of ether oxygens (including phenoxy) is 3. The van der Waals surface area contributed by atoms with Crippen molar-refractivity contribution in [1.29, 1.82) is 0 Å². The molecule has 4 N–H and O–H groups in total. The number of H-pyrrole nitrogens is 1. The van der Waals surface area contributed by atoms with Crippen LogP contribution in [-0.4, -0.2) is 48.3 Å². The van der Waals surface area contributed by atoms with Gasteiger partial charge in [0.15, 0.2) is 0 Å². The maximum Gasteiger partial charge on any atom is 0.262 e. The van der Waals surface area contributed by atoms with Crippen LogP contribution in [0.5, 0.6) is 11.5 Å². The maximum absolute atomic E-state index is 12.2. The largest absolute Gasteiger partial charge is 0.489 e. The van der Waals surface area contributed by atoms with Gasteiger partial charge in [0, 0.05) is 29.7 Å². The lowest BCUT2D eigenvalue weighted by Gasteiger charge is -2.24. The van der Waals surface area contributed by atoms with E-state index in [9.17, 15) is 4.79 Å². The average molecular weight is 547 g/mol. The molecule has 1 aliphatic rings. The van der Waals surface area contributed by atoms with Gasteiger partial charge in [-0.25, -0.2) is 4.98 Å². The number of amides is 1. The number of primary amides is 1. The molecule has 2 aromatic heterocycles. The molecule has 1 fully saturated rings. The van der Waals surface area contributed by atoms with Crippen LogP contribution in [-0.2, 0) is 4.74 Å². The fourth-order valence-electron chi connectivity index (χ4n) is 3.97. The van der Waals surface area contributed by atoms with Crippen LogP contribution in [0.1, 0.15) is 28.3 Å². The zero-order valence-corrected chi connectivity index (χ0v) is 21.7. The van der Waals surface area contributed by atoms with E-state index in [0.29, 0.717) is 50.3 Å². The normalized spacial score (nSPS) is 16.7. The molecular formula is C25H24Cl2N4O4S. The number of halogens is 2. The Hall–Kier alpha value is -2.82. The summed E-state index contributed by atoms with van der Waals surface area (Å²) in [6.45, 7) is 4.45. The van der Waals surface area contributed by atoms with E-state index < -0.39 is 12.0 Å². The Balaban J connectivity index is 1.37. The zero-order valence-electron chi connectivity index (χ0n) is 19.3. The molecule has 1 saturated heterocycles. The second-order valence-electron chi connectivity index (χ2n) is 8.34. The van der Waals surface area contributed by atoms with Gasteiger partial charge in [-0.15, -0.1) is 11.3 Å². The third kappa shape index (κ3) is 5.30. The number of nitrogens with two attached hydrogens (primary N) is 1. The van der Waals surface area contributed by atoms with Gasteiger partial charge in [-0.2, -0.15) is 0 Å². The highest BCUT2D eigenvalue weighted by molar-refractivity contribution is 7.17. The van der Waals surface area contributed by atoms with Crippen LogP contribution in [0.3, 0.4) is 0 Å². The van der Waals surface area contributed by atoms with Gasteiger partial charge in [-0.05, 0) is 31.2 Å². The number of thiophene rings is 1. The summed E-state index contributed by atoms with van der Waals surface area (Å²) in [4.78, 5) is 21.0. The van der Waals surface area contributed by atoms with Crippen LogP contribution in [0.25, 0.3) is 21.7 Å². The van der Waals surface area contributed by atoms with Crippen LogP contribution in [0.15, 0.2) is 42.5 Å². The van der Waals surface area contributed by atoms with E-state index in [2.05, 4.69) is 15.3 Å². The lowest BCUT2D eigenvalue weighted by molar-refractivity contribution is 0.000181. The molecule has 0 spiro atoms. The second kappa shape index (κ2) is 10.7. The Bertz CT molecular complexity index is 1400. The number of benzene rings is 2. The number of hydrogen-bond acceptors (Lipinski definition) is 7. The Morgan fingerprint density at radius 2 is 2.14 bits per heavy atom. The predicted molar refractivity (Wildman–Crippen MR) is 142 cm³/mol. The van der Waals surface area contributed by atoms with Crippen molar-refractivity contribution < 1.29 is 19.0 Å². The van der Waals surface area contributed by atoms with Crippen molar-refractivity contribution in [3.05, 3.63) is 63.0 Å². The first kappa shape index (κ1) is 24.9. The molecule has 0 unspecified atom stereocenters. The van der Waals surface area contributed by atoms with Crippen LogP contribution in [0.4, 0.5) is 0 Å². The van der Waals surface area contributed by atoms with Crippen molar-refractivity contribution in [2.45, 2.75) is 19.1 Å². The Labute approximate surface area is 221 Å². The fraction of sp³-hybridized carbons (Fsp3) is 0.280. The number of carbonyl (C=O) groups excluding carboxylic acids is 1. The number of imidazole rings is 1. The number of aromatic nitrogens is 2. The molecule has 36 heavy (non-hydrogen) atoms. The van der Waals surface area contributed by atoms with Gasteiger partial charge in [0.2, 0.25) is 0 Å². The SMILES string of the molecule is C[C@@H](Oc1cc(-c2nc3ccc(Cl)cc3[nH]2)sc1C(N)=O)c1cccc(OC[C@@H]2CNCCO2)c1Cl. The summed E-state index contributed by atoms with van der Waals surface area (Å²) < 4.78 is 17.8. The summed E-state index contributed by atoms with van der Waals surface area (Å²) in [5.41, 5.74) is 7.93. The standard InChI is InChI=1S/C25H24Cl2N4O4S/c1-13(16-3-2-4-19(22(16)27)34-12-15-11-29-7-8-33-15)35-20-10-21(36-23(20)24(28)32)25-30-17-6-5-14(26)9-18(17)31-25/h2-6,9-10,13,15,29H,7-8,11-12H2,1H3,(H2,28,32)(H,30,31)/t13-,15+/m1/s1. The quantitative estimate of drug-likeness (QED) is 0.280. The first-order valence-electron chi connectivity index (χ1n) is 11.4. The number of rotatable bonds is 8. The van der Waals surface area contributed by atoms with Gasteiger partial charge in [-0.1, -0.05) is 35.3 Å². The van der Waals surface area contributed by atoms with E-state index in [-0.39, 0.29) is 6.10 Å². The van der Waals surface area contributed by atoms with Crippen LogP contribution in [0, 0.1) is 0 Å². The molecule has 0 bridgehead atoms. The highest BCUT2D eigenvalue weighted by Gasteiger charge is 2.23. The Morgan fingerprint density at radius 3 is 2.92 bits per heavy atom. The third-order valence-corrected chi connectivity index (χ3v) is 7.54. The summed E-state index contributed by atoms with van der Waals surface area (Å²) >= 11 is 14.0. The molecule has 5 rings (SSSR count). The predicted octanol–water partition coefficient (Wildman–Crippen LogP) is 5.20. The van der Waals surface area contributed by atoms with Crippen LogP contribution < -0.4 is 20.5 Å². The van der Waals surface area contributed by atoms with E-state index in [1.165, 1.54) is 11.3 Å². The molecule has 4 aromatic rings. The fourth-order valence-corrected chi connectivity index (χ4v) is 5.36. The van der Waals surface area contributed by atoms with Gasteiger partial charge >= 0.3 is 0 Å². The Morgan fingerprint density at radius 1 is 1.28 bits per heavy atom. The van der Waals surface area contributed by atoms with E-state index in [4.69, 9.17) is 43.1 Å². The van der Waals surface area contributed by atoms with Crippen molar-refractivity contribution in [3.63, 3.8) is 0 Å². The Kier molecular flexibility index (Phi) is 7.36. The number of morpholine rings is 1. The first-order chi connectivity index (χ1) is 17.4. The van der Waals surface area contributed by atoms with E-state index in [1.807, 2.05) is 25.1 Å². The van der Waals surface area contributed by atoms with Crippen molar-refractivity contribution in [3.8, 4) is 22.2 Å². The monoisotopic (exact) mass is 546 g/mol. The van der Waals surface area contributed by atoms with Gasteiger partial charge in [0.1, 0.15) is 41.0 Å². The van der Waals surface area contributed by atoms with E-state index in [0.717, 1.165) is 29.7 Å². The second-order valence-corrected chi connectivity index (χ2v) is 10.2.